The van der Waals surface area contributed by atoms with Gasteiger partial charge in [0.05, 0.1) is 11.9 Å². The fraction of sp³-hybridized carbons (Fsp3) is 0.312. The van der Waals surface area contributed by atoms with Gasteiger partial charge < -0.3 is 10.6 Å². The molecule has 0 spiro atoms. The first kappa shape index (κ1) is 14.5. The number of hydrogen-bond donors (Lipinski definition) is 2. The highest BCUT2D eigenvalue weighted by Gasteiger charge is 2.12. The molecule has 0 fully saturated rings. The van der Waals surface area contributed by atoms with Crippen molar-refractivity contribution in [1.82, 2.24) is 25.6 Å². The number of aromatic nitrogens is 3. The van der Waals surface area contributed by atoms with Crippen molar-refractivity contribution in [3.63, 3.8) is 0 Å². The van der Waals surface area contributed by atoms with Crippen LogP contribution in [0.1, 0.15) is 22.5 Å². The summed E-state index contributed by atoms with van der Waals surface area (Å²) in [5, 5.41) is 14.1. The van der Waals surface area contributed by atoms with Crippen LogP contribution in [-0.4, -0.2) is 40.5 Å². The largest absolute Gasteiger partial charge is 0.347 e. The van der Waals surface area contributed by atoms with Crippen LogP contribution in [0, 0.1) is 6.92 Å². The zero-order valence-electron chi connectivity index (χ0n) is 12.5. The van der Waals surface area contributed by atoms with Crippen molar-refractivity contribution < 1.29 is 4.79 Å². The molecule has 0 unspecified atom stereocenters. The Balaban J connectivity index is 1.65. The van der Waals surface area contributed by atoms with Gasteiger partial charge in [-0.1, -0.05) is 29.0 Å². The van der Waals surface area contributed by atoms with Crippen molar-refractivity contribution in [1.29, 1.82) is 0 Å². The summed E-state index contributed by atoms with van der Waals surface area (Å²) in [4.78, 5) is 12.1. The molecular formula is C16H19N5O. The number of benzene rings is 1. The number of amides is 1. The number of aryl methyl sites for hydroxylation is 1. The first-order valence-corrected chi connectivity index (χ1v) is 7.38. The highest BCUT2D eigenvalue weighted by molar-refractivity contribution is 5.92. The number of rotatable bonds is 4. The molecule has 0 saturated heterocycles. The van der Waals surface area contributed by atoms with Crippen molar-refractivity contribution in [3.05, 3.63) is 53.4 Å². The molecule has 0 saturated carbocycles. The zero-order chi connectivity index (χ0) is 15.4. The molecule has 0 aliphatic carbocycles. The average molecular weight is 297 g/mol. The summed E-state index contributed by atoms with van der Waals surface area (Å²) < 4.78 is 1.62. The monoisotopic (exact) mass is 297 g/mol. The third-order valence-corrected chi connectivity index (χ3v) is 3.63. The van der Waals surface area contributed by atoms with Crippen LogP contribution in [0.25, 0.3) is 5.69 Å². The SMILES string of the molecule is Cc1cccc(-n2cc(C(=O)NCC3=CCNCC3)nn2)c1. The van der Waals surface area contributed by atoms with Gasteiger partial charge >= 0.3 is 0 Å². The zero-order valence-corrected chi connectivity index (χ0v) is 12.5. The number of nitrogens with one attached hydrogen (secondary N) is 2. The van der Waals surface area contributed by atoms with E-state index in [2.05, 4.69) is 27.0 Å². The van der Waals surface area contributed by atoms with Crippen molar-refractivity contribution in [3.8, 4) is 5.69 Å². The Kier molecular flexibility index (Phi) is 4.29. The van der Waals surface area contributed by atoms with Crippen molar-refractivity contribution in [2.24, 2.45) is 0 Å². The van der Waals surface area contributed by atoms with Crippen LogP contribution in [0.5, 0.6) is 0 Å². The van der Waals surface area contributed by atoms with Crippen molar-refractivity contribution in [2.45, 2.75) is 13.3 Å². The highest BCUT2D eigenvalue weighted by atomic mass is 16.2. The van der Waals surface area contributed by atoms with Gasteiger partial charge in [-0.3, -0.25) is 4.79 Å². The Bertz CT molecular complexity index is 704. The second-order valence-corrected chi connectivity index (χ2v) is 5.39. The summed E-state index contributed by atoms with van der Waals surface area (Å²) in [6.07, 6.45) is 4.74. The Labute approximate surface area is 129 Å². The number of nitrogens with zero attached hydrogens (tertiary/aromatic N) is 3. The third-order valence-electron chi connectivity index (χ3n) is 3.63. The summed E-state index contributed by atoms with van der Waals surface area (Å²) in [7, 11) is 0. The lowest BCUT2D eigenvalue weighted by atomic mass is 10.1. The van der Waals surface area contributed by atoms with E-state index < -0.39 is 0 Å². The molecule has 6 nitrogen and oxygen atoms in total. The quantitative estimate of drug-likeness (QED) is 0.833. The van der Waals surface area contributed by atoms with E-state index in [0.717, 1.165) is 30.8 Å². The van der Waals surface area contributed by atoms with Gasteiger partial charge in [0.25, 0.3) is 5.91 Å². The Hall–Kier alpha value is -2.47. The van der Waals surface area contributed by atoms with E-state index in [-0.39, 0.29) is 5.91 Å². The van der Waals surface area contributed by atoms with Crippen LogP contribution in [0.2, 0.25) is 0 Å². The molecule has 2 heterocycles. The Morgan fingerprint density at radius 3 is 3.14 bits per heavy atom. The molecular weight excluding hydrogens is 278 g/mol. The smallest absolute Gasteiger partial charge is 0.273 e. The van der Waals surface area contributed by atoms with E-state index in [1.54, 1.807) is 10.9 Å². The summed E-state index contributed by atoms with van der Waals surface area (Å²) in [6, 6.07) is 7.90. The lowest BCUT2D eigenvalue weighted by Crippen LogP contribution is -2.29. The highest BCUT2D eigenvalue weighted by Crippen LogP contribution is 2.09. The fourth-order valence-electron chi connectivity index (χ4n) is 2.38. The van der Waals surface area contributed by atoms with E-state index in [1.807, 2.05) is 31.2 Å². The van der Waals surface area contributed by atoms with Gasteiger partial charge in [-0.2, -0.15) is 0 Å². The molecule has 0 atom stereocenters. The van der Waals surface area contributed by atoms with Gasteiger partial charge in [0.1, 0.15) is 0 Å². The van der Waals surface area contributed by atoms with E-state index in [4.69, 9.17) is 0 Å². The number of carbonyl (C=O) groups is 1. The minimum Gasteiger partial charge on any atom is -0.347 e. The van der Waals surface area contributed by atoms with Crippen LogP contribution >= 0.6 is 0 Å². The Morgan fingerprint density at radius 1 is 1.45 bits per heavy atom. The molecule has 1 aromatic heterocycles. The predicted molar refractivity (Wildman–Crippen MR) is 84.0 cm³/mol. The average Bonchev–Trinajstić information content (AvgIpc) is 3.04. The Morgan fingerprint density at radius 2 is 2.36 bits per heavy atom. The molecule has 2 N–H and O–H groups in total. The molecule has 0 bridgehead atoms. The maximum Gasteiger partial charge on any atom is 0.273 e. The minimum absolute atomic E-state index is 0.196. The standard InChI is InChI=1S/C16H19N5O/c1-12-3-2-4-14(9-12)21-11-15(19-20-21)16(22)18-10-13-5-7-17-8-6-13/h2-5,9,11,17H,6-8,10H2,1H3,(H,18,22). The van der Waals surface area contributed by atoms with Gasteiger partial charge in [0.2, 0.25) is 0 Å². The van der Waals surface area contributed by atoms with Gasteiger partial charge in [-0.15, -0.1) is 5.10 Å². The van der Waals surface area contributed by atoms with Gasteiger partial charge in [-0.05, 0) is 37.6 Å². The van der Waals surface area contributed by atoms with Crippen molar-refractivity contribution in [2.75, 3.05) is 19.6 Å². The van der Waals surface area contributed by atoms with Crippen LogP contribution < -0.4 is 10.6 Å². The van der Waals surface area contributed by atoms with Crippen LogP contribution in [-0.2, 0) is 0 Å². The van der Waals surface area contributed by atoms with E-state index in [9.17, 15) is 4.79 Å². The first-order chi connectivity index (χ1) is 10.7. The lowest BCUT2D eigenvalue weighted by Gasteiger charge is -2.13. The molecule has 3 rings (SSSR count). The van der Waals surface area contributed by atoms with E-state index >= 15 is 0 Å². The van der Waals surface area contributed by atoms with E-state index in [1.165, 1.54) is 5.57 Å². The van der Waals surface area contributed by atoms with E-state index in [0.29, 0.717) is 12.2 Å². The lowest BCUT2D eigenvalue weighted by molar-refractivity contribution is 0.0951. The van der Waals surface area contributed by atoms with Crippen molar-refractivity contribution >= 4 is 5.91 Å². The number of hydrogen-bond acceptors (Lipinski definition) is 4. The molecule has 0 radical (unpaired) electrons. The topological polar surface area (TPSA) is 71.8 Å². The summed E-state index contributed by atoms with van der Waals surface area (Å²) in [5.74, 6) is -0.196. The fourth-order valence-corrected chi connectivity index (χ4v) is 2.38. The van der Waals surface area contributed by atoms with Gasteiger partial charge in [-0.25, -0.2) is 4.68 Å². The molecule has 1 aliphatic rings. The van der Waals surface area contributed by atoms with Crippen LogP contribution in [0.3, 0.4) is 0 Å². The molecule has 6 heteroatoms. The molecule has 1 aromatic carbocycles. The second kappa shape index (κ2) is 6.53. The molecule has 1 aliphatic heterocycles. The second-order valence-electron chi connectivity index (χ2n) is 5.39. The molecule has 1 amide bonds. The molecule has 22 heavy (non-hydrogen) atoms. The normalized spacial score (nSPS) is 14.5. The van der Waals surface area contributed by atoms with Gasteiger partial charge in [0.15, 0.2) is 5.69 Å². The maximum atomic E-state index is 12.1. The first-order valence-electron chi connectivity index (χ1n) is 7.38. The summed E-state index contributed by atoms with van der Waals surface area (Å²) in [5.41, 5.74) is 3.61. The van der Waals surface area contributed by atoms with Crippen LogP contribution in [0.4, 0.5) is 0 Å². The molecule has 2 aromatic rings. The van der Waals surface area contributed by atoms with Crippen LogP contribution in [0.15, 0.2) is 42.1 Å². The summed E-state index contributed by atoms with van der Waals surface area (Å²) in [6.45, 7) is 4.42. The minimum atomic E-state index is -0.196. The summed E-state index contributed by atoms with van der Waals surface area (Å²) >= 11 is 0. The third kappa shape index (κ3) is 3.40. The maximum absolute atomic E-state index is 12.1. The van der Waals surface area contributed by atoms with Gasteiger partial charge in [0, 0.05) is 13.1 Å². The molecule has 114 valence electrons. The number of carbonyl (C=O) groups excluding carboxylic acids is 1. The predicted octanol–water partition coefficient (Wildman–Crippen LogP) is 1.23.